The zero-order valence-electron chi connectivity index (χ0n) is 10.1. The molecule has 1 aliphatic rings. The summed E-state index contributed by atoms with van der Waals surface area (Å²) in [4.78, 5) is 11.8. The highest BCUT2D eigenvalue weighted by atomic mass is 32.2. The van der Waals surface area contributed by atoms with Gasteiger partial charge in [-0.3, -0.25) is 4.79 Å². The largest absolute Gasteiger partial charge is 0.460 e. The number of hydrogen-bond donors (Lipinski definition) is 0. The van der Waals surface area contributed by atoms with Gasteiger partial charge in [0, 0.05) is 7.05 Å². The van der Waals surface area contributed by atoms with Crippen LogP contribution in [-0.4, -0.2) is 37.5 Å². The lowest BCUT2D eigenvalue weighted by Gasteiger charge is -2.16. The van der Waals surface area contributed by atoms with Gasteiger partial charge in [-0.25, -0.2) is 8.42 Å². The highest BCUT2D eigenvalue weighted by Crippen LogP contribution is 2.20. The van der Waals surface area contributed by atoms with Crippen molar-refractivity contribution in [3.63, 3.8) is 0 Å². The van der Waals surface area contributed by atoms with E-state index in [4.69, 9.17) is 4.74 Å². The maximum absolute atomic E-state index is 11.8. The average molecular weight is 269 g/mol. The maximum Gasteiger partial charge on any atom is 0.324 e. The lowest BCUT2D eigenvalue weighted by atomic mass is 10.2. The number of sulfonamides is 1. The van der Waals surface area contributed by atoms with Gasteiger partial charge in [0.15, 0.2) is 0 Å². The third kappa shape index (κ3) is 2.70. The minimum atomic E-state index is -3.27. The molecule has 0 amide bonds. The van der Waals surface area contributed by atoms with Gasteiger partial charge in [0.1, 0.15) is 12.6 Å². The zero-order chi connectivity index (χ0) is 13.2. The molecule has 1 aliphatic heterocycles. The predicted octanol–water partition coefficient (Wildman–Crippen LogP) is 0.764. The van der Waals surface area contributed by atoms with Gasteiger partial charge >= 0.3 is 5.97 Å². The molecule has 2 rings (SSSR count). The van der Waals surface area contributed by atoms with Crippen molar-refractivity contribution < 1.29 is 17.9 Å². The van der Waals surface area contributed by atoms with Crippen molar-refractivity contribution in [1.29, 1.82) is 0 Å². The topological polar surface area (TPSA) is 63.7 Å². The van der Waals surface area contributed by atoms with Crippen LogP contribution in [0.5, 0.6) is 0 Å². The number of hydrogen-bond acceptors (Lipinski definition) is 4. The van der Waals surface area contributed by atoms with E-state index in [-0.39, 0.29) is 12.4 Å². The molecule has 0 unspecified atom stereocenters. The molecule has 1 fully saturated rings. The van der Waals surface area contributed by atoms with E-state index < -0.39 is 22.0 Å². The molecule has 0 bridgehead atoms. The first-order valence-corrected chi connectivity index (χ1v) is 7.28. The molecule has 0 saturated carbocycles. The van der Waals surface area contributed by atoms with Gasteiger partial charge in [0.2, 0.25) is 10.0 Å². The fraction of sp³-hybridized carbons (Fsp3) is 0.417. The first kappa shape index (κ1) is 13.0. The van der Waals surface area contributed by atoms with Crippen LogP contribution in [0.4, 0.5) is 0 Å². The van der Waals surface area contributed by atoms with Crippen molar-refractivity contribution in [1.82, 2.24) is 4.31 Å². The number of carbonyl (C=O) groups is 1. The standard InChI is InChI=1S/C12H15NO4S/c1-13-11(7-8-18(13,15)16)12(14)17-9-10-5-3-2-4-6-10/h2-6,11H,7-9H2,1H3/t11-/m0/s1. The fourth-order valence-corrected chi connectivity index (χ4v) is 3.26. The normalized spacial score (nSPS) is 22.8. The van der Waals surface area contributed by atoms with Crippen LogP contribution in [0.25, 0.3) is 0 Å². The van der Waals surface area contributed by atoms with E-state index >= 15 is 0 Å². The molecule has 1 aromatic rings. The summed E-state index contributed by atoms with van der Waals surface area (Å²) in [5, 5.41) is 0. The quantitative estimate of drug-likeness (QED) is 0.760. The smallest absolute Gasteiger partial charge is 0.324 e. The average Bonchev–Trinajstić information content (AvgIpc) is 2.63. The Hall–Kier alpha value is -1.40. The number of nitrogens with zero attached hydrogens (tertiary/aromatic N) is 1. The summed E-state index contributed by atoms with van der Waals surface area (Å²) in [6.45, 7) is 0.171. The third-order valence-corrected chi connectivity index (χ3v) is 4.91. The Morgan fingerprint density at radius 3 is 2.61 bits per heavy atom. The lowest BCUT2D eigenvalue weighted by Crippen LogP contribution is -2.36. The van der Waals surface area contributed by atoms with Crippen LogP contribution in [0.3, 0.4) is 0 Å². The van der Waals surface area contributed by atoms with Crippen molar-refractivity contribution in [2.75, 3.05) is 12.8 Å². The van der Waals surface area contributed by atoms with Gasteiger partial charge in [0.25, 0.3) is 0 Å². The Morgan fingerprint density at radius 2 is 2.06 bits per heavy atom. The Labute approximate surface area is 106 Å². The molecule has 98 valence electrons. The number of ether oxygens (including phenoxy) is 1. The van der Waals surface area contributed by atoms with Crippen LogP contribution in [0.2, 0.25) is 0 Å². The van der Waals surface area contributed by atoms with Crippen LogP contribution in [0.15, 0.2) is 30.3 Å². The molecule has 0 aromatic heterocycles. The molecule has 1 atom stereocenters. The van der Waals surface area contributed by atoms with E-state index in [2.05, 4.69) is 0 Å². The van der Waals surface area contributed by atoms with Gasteiger partial charge < -0.3 is 4.74 Å². The summed E-state index contributed by atoms with van der Waals surface area (Å²) in [5.41, 5.74) is 0.884. The second-order valence-electron chi connectivity index (χ2n) is 4.23. The zero-order valence-corrected chi connectivity index (χ0v) is 10.9. The summed E-state index contributed by atoms with van der Waals surface area (Å²) < 4.78 is 29.2. The highest BCUT2D eigenvalue weighted by Gasteiger charge is 2.39. The monoisotopic (exact) mass is 269 g/mol. The molecule has 0 aliphatic carbocycles. The Bertz CT molecular complexity index is 526. The number of carbonyl (C=O) groups excluding carboxylic acids is 1. The Morgan fingerprint density at radius 1 is 1.39 bits per heavy atom. The number of likely N-dealkylation sites (N-methyl/N-ethyl adjacent to an activating group) is 1. The summed E-state index contributed by atoms with van der Waals surface area (Å²) in [6, 6.07) is 8.61. The SMILES string of the molecule is CN1[C@H](C(=O)OCc2ccccc2)CCS1(=O)=O. The summed E-state index contributed by atoms with van der Waals surface area (Å²) in [5.74, 6) is -0.475. The van der Waals surface area contributed by atoms with E-state index in [1.807, 2.05) is 30.3 Å². The van der Waals surface area contributed by atoms with Crippen molar-refractivity contribution >= 4 is 16.0 Å². The highest BCUT2D eigenvalue weighted by molar-refractivity contribution is 7.89. The van der Waals surface area contributed by atoms with E-state index in [9.17, 15) is 13.2 Å². The minimum absolute atomic E-state index is 0.00854. The Kier molecular flexibility index (Phi) is 3.68. The maximum atomic E-state index is 11.8. The molecule has 1 saturated heterocycles. The van der Waals surface area contributed by atoms with E-state index in [0.717, 1.165) is 9.87 Å². The van der Waals surface area contributed by atoms with Gasteiger partial charge in [0.05, 0.1) is 5.75 Å². The molecule has 5 nitrogen and oxygen atoms in total. The molecular formula is C12H15NO4S. The molecule has 0 spiro atoms. The van der Waals surface area contributed by atoms with Crippen LogP contribution in [0.1, 0.15) is 12.0 Å². The molecule has 6 heteroatoms. The first-order valence-electron chi connectivity index (χ1n) is 5.67. The summed E-state index contributed by atoms with van der Waals surface area (Å²) in [7, 11) is -1.86. The summed E-state index contributed by atoms with van der Waals surface area (Å²) >= 11 is 0. The van der Waals surface area contributed by atoms with Crippen LogP contribution < -0.4 is 0 Å². The second kappa shape index (κ2) is 5.07. The number of esters is 1. The van der Waals surface area contributed by atoms with Crippen molar-refractivity contribution in [3.8, 4) is 0 Å². The second-order valence-corrected chi connectivity index (χ2v) is 6.38. The fourth-order valence-electron chi connectivity index (χ4n) is 1.87. The summed E-state index contributed by atoms with van der Waals surface area (Å²) in [6.07, 6.45) is 0.298. The van der Waals surface area contributed by atoms with E-state index in [1.165, 1.54) is 7.05 Å². The molecule has 18 heavy (non-hydrogen) atoms. The minimum Gasteiger partial charge on any atom is -0.460 e. The van der Waals surface area contributed by atoms with E-state index in [0.29, 0.717) is 6.42 Å². The van der Waals surface area contributed by atoms with Gasteiger partial charge in [-0.2, -0.15) is 4.31 Å². The molecular weight excluding hydrogens is 254 g/mol. The molecule has 0 N–H and O–H groups in total. The van der Waals surface area contributed by atoms with Crippen LogP contribution >= 0.6 is 0 Å². The molecule has 1 aromatic carbocycles. The third-order valence-electron chi connectivity index (χ3n) is 3.02. The Balaban J connectivity index is 1.94. The van der Waals surface area contributed by atoms with Gasteiger partial charge in [-0.15, -0.1) is 0 Å². The predicted molar refractivity (Wildman–Crippen MR) is 66.2 cm³/mol. The van der Waals surface area contributed by atoms with Gasteiger partial charge in [-0.05, 0) is 12.0 Å². The lowest BCUT2D eigenvalue weighted by molar-refractivity contribution is -0.148. The van der Waals surface area contributed by atoms with Crippen LogP contribution in [0, 0.1) is 0 Å². The van der Waals surface area contributed by atoms with Crippen molar-refractivity contribution in [2.45, 2.75) is 19.1 Å². The van der Waals surface area contributed by atoms with Crippen LogP contribution in [-0.2, 0) is 26.2 Å². The molecule has 0 radical (unpaired) electrons. The molecule has 1 heterocycles. The van der Waals surface area contributed by atoms with Gasteiger partial charge in [-0.1, -0.05) is 30.3 Å². The van der Waals surface area contributed by atoms with Crippen molar-refractivity contribution in [3.05, 3.63) is 35.9 Å². The number of rotatable bonds is 3. The van der Waals surface area contributed by atoms with E-state index in [1.54, 1.807) is 0 Å². The number of benzene rings is 1. The first-order chi connectivity index (χ1) is 8.50. The van der Waals surface area contributed by atoms with Crippen molar-refractivity contribution in [2.24, 2.45) is 0 Å².